The summed E-state index contributed by atoms with van der Waals surface area (Å²) in [6, 6.07) is 5.54. The highest BCUT2D eigenvalue weighted by Crippen LogP contribution is 2.29. The van der Waals surface area contributed by atoms with E-state index in [9.17, 15) is 4.39 Å². The molecule has 1 saturated heterocycles. The Morgan fingerprint density at radius 1 is 1.36 bits per heavy atom. The molecule has 6 heteroatoms. The van der Waals surface area contributed by atoms with Crippen molar-refractivity contribution in [2.75, 3.05) is 33.3 Å². The minimum atomic E-state index is -0.288. The zero-order valence-electron chi connectivity index (χ0n) is 12.9. The van der Waals surface area contributed by atoms with E-state index in [2.05, 4.69) is 16.8 Å². The molecule has 1 aromatic rings. The molecule has 1 N–H and O–H groups in total. The molecule has 3 nitrogen and oxygen atoms in total. The van der Waals surface area contributed by atoms with Gasteiger partial charge in [0, 0.05) is 32.2 Å². The summed E-state index contributed by atoms with van der Waals surface area (Å²) < 4.78 is 18.9. The molecule has 1 fully saturated rings. The van der Waals surface area contributed by atoms with Crippen LogP contribution >= 0.6 is 24.8 Å². The minimum Gasteiger partial charge on any atom is -0.494 e. The van der Waals surface area contributed by atoms with Crippen molar-refractivity contribution in [3.63, 3.8) is 0 Å². The van der Waals surface area contributed by atoms with Crippen LogP contribution in [-0.4, -0.2) is 38.2 Å². The predicted molar refractivity (Wildman–Crippen MR) is 94.1 cm³/mol. The molecule has 0 saturated carbocycles. The molecule has 1 aliphatic heterocycles. The van der Waals surface area contributed by atoms with Gasteiger partial charge in [-0.15, -0.1) is 31.4 Å². The summed E-state index contributed by atoms with van der Waals surface area (Å²) in [6.07, 6.45) is 3.83. The van der Waals surface area contributed by atoms with Gasteiger partial charge in [0.1, 0.15) is 0 Å². The second-order valence-electron chi connectivity index (χ2n) is 5.06. The minimum absolute atomic E-state index is 0. The Hall–Kier alpha value is -0.810. The third-order valence-electron chi connectivity index (χ3n) is 3.80. The van der Waals surface area contributed by atoms with Crippen molar-refractivity contribution in [2.24, 2.45) is 0 Å². The van der Waals surface area contributed by atoms with Crippen molar-refractivity contribution in [1.29, 1.82) is 0 Å². The Kier molecular flexibility index (Phi) is 10.4. The van der Waals surface area contributed by atoms with Crippen molar-refractivity contribution in [3.8, 4) is 5.75 Å². The highest BCUT2D eigenvalue weighted by Gasteiger charge is 2.22. The second kappa shape index (κ2) is 10.8. The van der Waals surface area contributed by atoms with Crippen LogP contribution in [0.2, 0.25) is 0 Å². The van der Waals surface area contributed by atoms with Gasteiger partial charge in [0.25, 0.3) is 0 Å². The summed E-state index contributed by atoms with van der Waals surface area (Å²) in [5.74, 6) is 0.0141. The van der Waals surface area contributed by atoms with E-state index in [4.69, 9.17) is 4.74 Å². The Balaban J connectivity index is 0.00000220. The van der Waals surface area contributed by atoms with E-state index < -0.39 is 0 Å². The zero-order valence-corrected chi connectivity index (χ0v) is 14.5. The predicted octanol–water partition coefficient (Wildman–Crippen LogP) is 3.59. The van der Waals surface area contributed by atoms with E-state index in [0.717, 1.165) is 44.6 Å². The van der Waals surface area contributed by atoms with E-state index >= 15 is 0 Å². The van der Waals surface area contributed by atoms with Gasteiger partial charge < -0.3 is 10.1 Å². The third-order valence-corrected chi connectivity index (χ3v) is 3.80. The molecule has 0 bridgehead atoms. The van der Waals surface area contributed by atoms with Crippen LogP contribution in [0.25, 0.3) is 0 Å². The highest BCUT2D eigenvalue weighted by molar-refractivity contribution is 5.85. The fraction of sp³-hybridized carbons (Fsp3) is 0.500. The monoisotopic (exact) mass is 350 g/mol. The molecule has 0 amide bonds. The van der Waals surface area contributed by atoms with Crippen LogP contribution in [0, 0.1) is 5.82 Å². The number of rotatable bonds is 6. The molecule has 0 unspecified atom stereocenters. The number of nitrogens with one attached hydrogen (secondary N) is 1. The van der Waals surface area contributed by atoms with Crippen LogP contribution < -0.4 is 10.1 Å². The smallest absolute Gasteiger partial charge is 0.165 e. The Labute approximate surface area is 144 Å². The third kappa shape index (κ3) is 5.43. The zero-order chi connectivity index (χ0) is 14.4. The van der Waals surface area contributed by atoms with Gasteiger partial charge in [-0.25, -0.2) is 4.39 Å². The van der Waals surface area contributed by atoms with Crippen LogP contribution in [0.5, 0.6) is 5.75 Å². The second-order valence-corrected chi connectivity index (χ2v) is 5.06. The van der Waals surface area contributed by atoms with Gasteiger partial charge in [0.15, 0.2) is 11.6 Å². The van der Waals surface area contributed by atoms with E-state index in [-0.39, 0.29) is 36.7 Å². The van der Waals surface area contributed by atoms with Gasteiger partial charge in [-0.3, -0.25) is 4.90 Å². The quantitative estimate of drug-likeness (QED) is 0.793. The van der Waals surface area contributed by atoms with Gasteiger partial charge in [0.05, 0.1) is 7.11 Å². The maximum Gasteiger partial charge on any atom is 0.165 e. The molecule has 1 aliphatic rings. The molecular weight excluding hydrogens is 326 g/mol. The molecule has 1 heterocycles. The van der Waals surface area contributed by atoms with Crippen LogP contribution in [0.4, 0.5) is 4.39 Å². The molecule has 0 aromatic heterocycles. The van der Waals surface area contributed by atoms with Crippen LogP contribution in [-0.2, 0) is 0 Å². The van der Waals surface area contributed by atoms with Crippen molar-refractivity contribution in [3.05, 3.63) is 42.2 Å². The lowest BCUT2D eigenvalue weighted by Crippen LogP contribution is -2.45. The maximum absolute atomic E-state index is 13.9. The molecular formula is C16H25Cl2FN2O. The first-order valence-corrected chi connectivity index (χ1v) is 7.15. The first kappa shape index (κ1) is 21.2. The number of piperazine rings is 1. The molecule has 22 heavy (non-hydrogen) atoms. The standard InChI is InChI=1S/C16H23FN2O.2ClH/c1-3-4-5-15(19-10-8-18-9-11-19)13-6-7-16(20-2)14(17)12-13;;/h3,6-7,12,15,18H,1,4-5,8-11H2,2H3;2*1H/t15-;;/m0../s1. The first-order valence-electron chi connectivity index (χ1n) is 7.15. The summed E-state index contributed by atoms with van der Waals surface area (Å²) >= 11 is 0. The van der Waals surface area contributed by atoms with Gasteiger partial charge >= 0.3 is 0 Å². The number of allylic oxidation sites excluding steroid dienone is 1. The van der Waals surface area contributed by atoms with Crippen LogP contribution in [0.3, 0.4) is 0 Å². The molecule has 126 valence electrons. The molecule has 1 atom stereocenters. The highest BCUT2D eigenvalue weighted by atomic mass is 35.5. The van der Waals surface area contributed by atoms with E-state index in [1.165, 1.54) is 7.11 Å². The molecule has 0 aliphatic carbocycles. The van der Waals surface area contributed by atoms with E-state index in [0.29, 0.717) is 5.75 Å². The Morgan fingerprint density at radius 2 is 2.05 bits per heavy atom. The van der Waals surface area contributed by atoms with Crippen molar-refractivity contribution in [1.82, 2.24) is 10.2 Å². The summed E-state index contributed by atoms with van der Waals surface area (Å²) in [6.45, 7) is 7.76. The summed E-state index contributed by atoms with van der Waals surface area (Å²) in [5, 5.41) is 3.35. The molecule has 2 rings (SSSR count). The number of nitrogens with zero attached hydrogens (tertiary/aromatic N) is 1. The van der Waals surface area contributed by atoms with E-state index in [1.807, 2.05) is 12.1 Å². The topological polar surface area (TPSA) is 24.5 Å². The maximum atomic E-state index is 13.9. The molecule has 0 spiro atoms. The van der Waals surface area contributed by atoms with Gasteiger partial charge in [-0.2, -0.15) is 0 Å². The number of hydrogen-bond donors (Lipinski definition) is 1. The number of ether oxygens (including phenoxy) is 1. The summed E-state index contributed by atoms with van der Waals surface area (Å²) in [5.41, 5.74) is 1.02. The van der Waals surface area contributed by atoms with E-state index in [1.54, 1.807) is 12.1 Å². The average molecular weight is 351 g/mol. The lowest BCUT2D eigenvalue weighted by atomic mass is 9.99. The Morgan fingerprint density at radius 3 is 2.59 bits per heavy atom. The van der Waals surface area contributed by atoms with Gasteiger partial charge in [-0.1, -0.05) is 12.1 Å². The largest absolute Gasteiger partial charge is 0.494 e. The average Bonchev–Trinajstić information content (AvgIpc) is 2.49. The summed E-state index contributed by atoms with van der Waals surface area (Å²) in [7, 11) is 1.49. The SMILES string of the molecule is C=CCC[C@@H](c1ccc(OC)c(F)c1)N1CCNCC1.Cl.Cl. The van der Waals surface area contributed by atoms with Crippen molar-refractivity contribution in [2.45, 2.75) is 18.9 Å². The lowest BCUT2D eigenvalue weighted by Gasteiger charge is -2.35. The fourth-order valence-electron chi connectivity index (χ4n) is 2.72. The van der Waals surface area contributed by atoms with Crippen LogP contribution in [0.1, 0.15) is 24.4 Å². The number of benzene rings is 1. The fourth-order valence-corrected chi connectivity index (χ4v) is 2.72. The molecule has 0 radical (unpaired) electrons. The molecule has 1 aromatic carbocycles. The summed E-state index contributed by atoms with van der Waals surface area (Å²) in [4.78, 5) is 2.42. The van der Waals surface area contributed by atoms with Crippen molar-refractivity contribution >= 4 is 24.8 Å². The number of halogens is 3. The normalized spacial score (nSPS) is 16.1. The number of hydrogen-bond acceptors (Lipinski definition) is 3. The van der Waals surface area contributed by atoms with Crippen molar-refractivity contribution < 1.29 is 9.13 Å². The lowest BCUT2D eigenvalue weighted by molar-refractivity contribution is 0.166. The van der Waals surface area contributed by atoms with Gasteiger partial charge in [0.2, 0.25) is 0 Å². The van der Waals surface area contributed by atoms with Gasteiger partial charge in [-0.05, 0) is 30.5 Å². The van der Waals surface area contributed by atoms with Crippen LogP contribution in [0.15, 0.2) is 30.9 Å². The number of methoxy groups -OCH3 is 1. The first-order chi connectivity index (χ1) is 9.76. The Bertz CT molecular complexity index is 454.